The van der Waals surface area contributed by atoms with Crippen LogP contribution in [0, 0.1) is 11.3 Å². The fourth-order valence-corrected chi connectivity index (χ4v) is 6.28. The molecule has 6 rings (SSSR count). The number of ether oxygens (including phenoxy) is 2. The molecule has 10 heteroatoms. The quantitative estimate of drug-likeness (QED) is 0.286. The van der Waals surface area contributed by atoms with Gasteiger partial charge in [-0.3, -0.25) is 4.98 Å². The van der Waals surface area contributed by atoms with Crippen LogP contribution >= 0.6 is 11.6 Å². The summed E-state index contributed by atoms with van der Waals surface area (Å²) in [6.07, 6.45) is 4.93. The lowest BCUT2D eigenvalue weighted by Crippen LogP contribution is -2.32. The highest BCUT2D eigenvalue weighted by atomic mass is 35.5. The van der Waals surface area contributed by atoms with Crippen LogP contribution in [0.15, 0.2) is 60.8 Å². The molecule has 1 aromatic heterocycles. The van der Waals surface area contributed by atoms with Crippen molar-refractivity contribution in [2.45, 2.75) is 37.8 Å². The highest BCUT2D eigenvalue weighted by molar-refractivity contribution is 7.91. The zero-order chi connectivity index (χ0) is 27.0. The van der Waals surface area contributed by atoms with E-state index in [1.54, 1.807) is 18.3 Å². The van der Waals surface area contributed by atoms with E-state index in [0.717, 1.165) is 35.0 Å². The van der Waals surface area contributed by atoms with Crippen LogP contribution in [0.2, 0.25) is 5.02 Å². The largest absolute Gasteiger partial charge is 0.487 e. The number of nitrogens with one attached hydrogen (secondary N) is 1. The average molecular weight is 561 g/mol. The number of nitrogens with zero attached hydrogens (tertiary/aromatic N) is 3. The van der Waals surface area contributed by atoms with E-state index in [4.69, 9.17) is 21.1 Å². The third-order valence-electron chi connectivity index (χ3n) is 6.82. The molecule has 39 heavy (non-hydrogen) atoms. The molecule has 1 N–H and O–H groups in total. The van der Waals surface area contributed by atoms with Crippen molar-refractivity contribution in [3.63, 3.8) is 0 Å². The number of anilines is 1. The minimum Gasteiger partial charge on any atom is -0.487 e. The summed E-state index contributed by atoms with van der Waals surface area (Å²) in [6, 6.07) is 19.0. The number of sulfone groups is 1. The first-order valence-corrected chi connectivity index (χ1v) is 15.0. The van der Waals surface area contributed by atoms with Crippen LogP contribution in [0.3, 0.4) is 0 Å². The van der Waals surface area contributed by atoms with E-state index >= 15 is 0 Å². The Kier molecular flexibility index (Phi) is 6.75. The van der Waals surface area contributed by atoms with Gasteiger partial charge >= 0.3 is 0 Å². The summed E-state index contributed by atoms with van der Waals surface area (Å²) in [5, 5.41) is 13.2. The predicted octanol–water partition coefficient (Wildman–Crippen LogP) is 6.14. The third kappa shape index (κ3) is 5.92. The van der Waals surface area contributed by atoms with E-state index in [0.29, 0.717) is 46.5 Å². The molecule has 2 fully saturated rings. The van der Waals surface area contributed by atoms with Gasteiger partial charge in [-0.05, 0) is 61.1 Å². The fraction of sp³-hybridized carbons (Fsp3) is 0.276. The Morgan fingerprint density at radius 2 is 1.67 bits per heavy atom. The van der Waals surface area contributed by atoms with Crippen molar-refractivity contribution in [2.75, 3.05) is 16.8 Å². The number of rotatable bonds is 7. The molecule has 8 nitrogen and oxygen atoms in total. The van der Waals surface area contributed by atoms with Crippen molar-refractivity contribution in [3.05, 3.63) is 71.4 Å². The van der Waals surface area contributed by atoms with Gasteiger partial charge in [0, 0.05) is 18.2 Å². The predicted molar refractivity (Wildman–Crippen MR) is 150 cm³/mol. The Bertz CT molecular complexity index is 1690. The monoisotopic (exact) mass is 560 g/mol. The molecular formula is C29H25ClN4O4S. The third-order valence-corrected chi connectivity index (χ3v) is 8.81. The lowest BCUT2D eigenvalue weighted by molar-refractivity contribution is 0.302. The van der Waals surface area contributed by atoms with E-state index in [1.165, 1.54) is 0 Å². The number of aromatic nitrogens is 2. The Morgan fingerprint density at radius 3 is 2.38 bits per heavy atom. The van der Waals surface area contributed by atoms with Gasteiger partial charge in [0.1, 0.15) is 33.2 Å². The Labute approximate surface area is 231 Å². The van der Waals surface area contributed by atoms with Gasteiger partial charge in [0.05, 0.1) is 45.4 Å². The normalized spacial score (nSPS) is 16.9. The number of hydrogen-bond acceptors (Lipinski definition) is 8. The summed E-state index contributed by atoms with van der Waals surface area (Å²) >= 11 is 6.38. The maximum Gasteiger partial charge on any atom is 0.156 e. The molecule has 0 atom stereocenters. The summed E-state index contributed by atoms with van der Waals surface area (Å²) < 4.78 is 35.1. The van der Waals surface area contributed by atoms with Gasteiger partial charge in [-0.2, -0.15) is 5.26 Å². The lowest BCUT2D eigenvalue weighted by atomic mass is 10.0. The molecule has 0 radical (unpaired) electrons. The van der Waals surface area contributed by atoms with Gasteiger partial charge in [-0.25, -0.2) is 13.4 Å². The van der Waals surface area contributed by atoms with Crippen LogP contribution in [0.5, 0.6) is 17.2 Å². The Morgan fingerprint density at radius 1 is 0.923 bits per heavy atom. The molecule has 1 saturated heterocycles. The van der Waals surface area contributed by atoms with Crippen LogP contribution in [0.1, 0.15) is 31.2 Å². The molecule has 3 aromatic carbocycles. The van der Waals surface area contributed by atoms with Gasteiger partial charge in [0.2, 0.25) is 0 Å². The summed E-state index contributed by atoms with van der Waals surface area (Å²) in [5.74, 6) is 2.54. The maximum atomic E-state index is 11.7. The molecule has 2 heterocycles. The summed E-state index contributed by atoms with van der Waals surface area (Å²) in [5.41, 5.74) is 3.84. The van der Waals surface area contributed by atoms with Crippen LogP contribution in [-0.4, -0.2) is 42.0 Å². The molecule has 0 bridgehead atoms. The second-order valence-electron chi connectivity index (χ2n) is 9.87. The van der Waals surface area contributed by atoms with E-state index < -0.39 is 9.84 Å². The van der Waals surface area contributed by atoms with E-state index in [9.17, 15) is 13.7 Å². The van der Waals surface area contributed by atoms with Crippen molar-refractivity contribution < 1.29 is 17.9 Å². The van der Waals surface area contributed by atoms with Crippen LogP contribution in [0.25, 0.3) is 22.2 Å². The molecular weight excluding hydrogens is 536 g/mol. The molecule has 2 aliphatic rings. The minimum atomic E-state index is -2.91. The topological polar surface area (TPSA) is 114 Å². The van der Waals surface area contributed by atoms with Crippen molar-refractivity contribution in [1.29, 1.82) is 5.26 Å². The average Bonchev–Trinajstić information content (AvgIpc) is 3.76. The Balaban J connectivity index is 1.14. The number of fused-ring (bicyclic) bond motifs is 1. The molecule has 0 spiro atoms. The van der Waals surface area contributed by atoms with Gasteiger partial charge in [0.25, 0.3) is 0 Å². The Hall–Kier alpha value is -3.87. The maximum absolute atomic E-state index is 11.7. The molecule has 1 aliphatic heterocycles. The molecule has 1 aliphatic carbocycles. The van der Waals surface area contributed by atoms with Crippen LogP contribution < -0.4 is 14.8 Å². The van der Waals surface area contributed by atoms with Crippen LogP contribution in [-0.2, 0) is 9.84 Å². The number of halogens is 1. The first-order chi connectivity index (χ1) is 18.8. The van der Waals surface area contributed by atoms with Crippen molar-refractivity contribution in [3.8, 4) is 34.4 Å². The molecule has 198 valence electrons. The van der Waals surface area contributed by atoms with Gasteiger partial charge in [-0.1, -0.05) is 29.8 Å². The second kappa shape index (κ2) is 10.4. The van der Waals surface area contributed by atoms with E-state index in [2.05, 4.69) is 21.4 Å². The first-order valence-electron chi connectivity index (χ1n) is 12.8. The SMILES string of the molecule is N#Cc1cc(Oc2ccc(-c3ccc4nc(NC5CCS(=O)(=O)CC5)cnc4c3)cc2)cc(Cl)c1OC1CC1. The second-order valence-corrected chi connectivity index (χ2v) is 12.6. The number of hydrogen-bond donors (Lipinski definition) is 1. The zero-order valence-electron chi connectivity index (χ0n) is 20.9. The number of nitriles is 1. The highest BCUT2D eigenvalue weighted by Crippen LogP contribution is 2.38. The molecule has 0 amide bonds. The summed E-state index contributed by atoms with van der Waals surface area (Å²) in [4.78, 5) is 9.23. The van der Waals surface area contributed by atoms with Gasteiger partial charge in [-0.15, -0.1) is 0 Å². The standard InChI is InChI=1S/C29H25ClN4O4S/c30-25-15-24(13-20(16-31)29(25)38-23-6-7-23)37-22-4-1-18(2-5-22)19-3-8-26-27(14-19)32-17-28(34-26)33-21-9-11-39(35,36)12-10-21/h1-5,8,13-15,17,21,23H,6-7,9-12H2,(H,33,34). The van der Waals surface area contributed by atoms with Crippen LogP contribution in [0.4, 0.5) is 5.82 Å². The summed E-state index contributed by atoms with van der Waals surface area (Å²) in [7, 11) is -2.91. The lowest BCUT2D eigenvalue weighted by Gasteiger charge is -2.23. The molecule has 4 aromatic rings. The number of benzene rings is 3. The highest BCUT2D eigenvalue weighted by Gasteiger charge is 2.26. The fourth-order valence-electron chi connectivity index (χ4n) is 4.54. The van der Waals surface area contributed by atoms with E-state index in [1.807, 2.05) is 42.5 Å². The first kappa shape index (κ1) is 25.4. The van der Waals surface area contributed by atoms with Gasteiger partial charge < -0.3 is 14.8 Å². The van der Waals surface area contributed by atoms with Gasteiger partial charge in [0.15, 0.2) is 5.75 Å². The van der Waals surface area contributed by atoms with Crippen molar-refractivity contribution in [2.24, 2.45) is 0 Å². The summed E-state index contributed by atoms with van der Waals surface area (Å²) in [6.45, 7) is 0. The van der Waals surface area contributed by atoms with Crippen molar-refractivity contribution >= 4 is 38.3 Å². The molecule has 0 unspecified atom stereocenters. The van der Waals surface area contributed by atoms with E-state index in [-0.39, 0.29) is 23.7 Å². The minimum absolute atomic E-state index is 0.0804. The van der Waals surface area contributed by atoms with Crippen molar-refractivity contribution in [1.82, 2.24) is 9.97 Å². The zero-order valence-corrected chi connectivity index (χ0v) is 22.5. The molecule has 1 saturated carbocycles. The smallest absolute Gasteiger partial charge is 0.156 e.